The Labute approximate surface area is 159 Å². The molecule has 1 fully saturated rings. The first-order valence-electron chi connectivity index (χ1n) is 7.54. The van der Waals surface area contributed by atoms with Crippen LogP contribution >= 0.6 is 35.6 Å². The highest BCUT2D eigenvalue weighted by molar-refractivity contribution is 8.26. The number of hydrogen-bond donors (Lipinski definition) is 0. The molecule has 0 radical (unpaired) electrons. The molecule has 0 N–H and O–H groups in total. The van der Waals surface area contributed by atoms with Crippen molar-refractivity contribution in [2.75, 3.05) is 6.54 Å². The largest absolute Gasteiger partial charge is 0.457 e. The summed E-state index contributed by atoms with van der Waals surface area (Å²) in [6, 6.07) is 11.0. The van der Waals surface area contributed by atoms with Crippen LogP contribution in [0, 0.1) is 0 Å². The molecule has 0 bridgehead atoms. The topological polar surface area (TPSA) is 50.5 Å². The van der Waals surface area contributed by atoms with E-state index in [1.54, 1.807) is 24.3 Å². The number of Topliss-reactive ketones (excluding diaryl/α,β-unsaturated/α-hetero) is 1. The van der Waals surface area contributed by atoms with E-state index >= 15 is 0 Å². The van der Waals surface area contributed by atoms with E-state index in [-0.39, 0.29) is 11.7 Å². The van der Waals surface area contributed by atoms with E-state index in [1.807, 2.05) is 18.2 Å². The van der Waals surface area contributed by atoms with Gasteiger partial charge in [-0.25, -0.2) is 0 Å². The molecule has 0 aliphatic carbocycles. The van der Waals surface area contributed by atoms with Gasteiger partial charge in [0.25, 0.3) is 5.91 Å². The van der Waals surface area contributed by atoms with Gasteiger partial charge in [0.15, 0.2) is 0 Å². The maximum Gasteiger partial charge on any atom is 0.266 e. The monoisotopic (exact) mass is 391 g/mol. The molecule has 3 rings (SSSR count). The summed E-state index contributed by atoms with van der Waals surface area (Å²) in [7, 11) is 0. The number of furan rings is 1. The molecule has 25 heavy (non-hydrogen) atoms. The normalized spacial score (nSPS) is 16.1. The fourth-order valence-electron chi connectivity index (χ4n) is 2.29. The average molecular weight is 392 g/mol. The third-order valence-corrected chi connectivity index (χ3v) is 5.22. The molecular weight excluding hydrogens is 378 g/mol. The number of benzene rings is 1. The average Bonchev–Trinajstić information content (AvgIpc) is 3.12. The van der Waals surface area contributed by atoms with Crippen LogP contribution in [0.25, 0.3) is 17.4 Å². The molecule has 4 nitrogen and oxygen atoms in total. The molecule has 2 aromatic rings. The zero-order valence-electron chi connectivity index (χ0n) is 13.3. The lowest BCUT2D eigenvalue weighted by molar-refractivity contribution is -0.122. The van der Waals surface area contributed by atoms with Crippen molar-refractivity contribution in [3.8, 4) is 11.3 Å². The van der Waals surface area contributed by atoms with Crippen LogP contribution in [0.4, 0.5) is 0 Å². The van der Waals surface area contributed by atoms with Gasteiger partial charge in [0.2, 0.25) is 0 Å². The van der Waals surface area contributed by atoms with Gasteiger partial charge in [0, 0.05) is 29.6 Å². The van der Waals surface area contributed by atoms with Gasteiger partial charge in [0.1, 0.15) is 21.6 Å². The van der Waals surface area contributed by atoms with E-state index in [0.29, 0.717) is 38.7 Å². The lowest BCUT2D eigenvalue weighted by Gasteiger charge is -2.12. The van der Waals surface area contributed by atoms with Crippen molar-refractivity contribution in [2.45, 2.75) is 13.3 Å². The fraction of sp³-hybridized carbons (Fsp3) is 0.167. The molecule has 128 valence electrons. The zero-order valence-corrected chi connectivity index (χ0v) is 15.7. The highest BCUT2D eigenvalue weighted by Gasteiger charge is 2.32. The van der Waals surface area contributed by atoms with Gasteiger partial charge in [-0.15, -0.1) is 0 Å². The molecule has 2 heterocycles. The molecule has 1 aromatic heterocycles. The predicted molar refractivity (Wildman–Crippen MR) is 104 cm³/mol. The van der Waals surface area contributed by atoms with Gasteiger partial charge < -0.3 is 4.42 Å². The van der Waals surface area contributed by atoms with Crippen molar-refractivity contribution in [1.82, 2.24) is 4.90 Å². The highest BCUT2D eigenvalue weighted by Crippen LogP contribution is 2.33. The summed E-state index contributed by atoms with van der Waals surface area (Å²) in [6.45, 7) is 1.81. The van der Waals surface area contributed by atoms with Gasteiger partial charge >= 0.3 is 0 Å². The maximum atomic E-state index is 12.4. The van der Waals surface area contributed by atoms with Crippen LogP contribution in [0.15, 0.2) is 45.7 Å². The lowest BCUT2D eigenvalue weighted by atomic mass is 10.2. The van der Waals surface area contributed by atoms with E-state index < -0.39 is 0 Å². The number of amides is 1. The number of carbonyl (C=O) groups excluding carboxylic acids is 2. The van der Waals surface area contributed by atoms with E-state index in [4.69, 9.17) is 28.2 Å². The fourth-order valence-corrected chi connectivity index (χ4v) is 3.71. The summed E-state index contributed by atoms with van der Waals surface area (Å²) in [5, 5.41) is 0.657. The number of hydrogen-bond acceptors (Lipinski definition) is 5. The quantitative estimate of drug-likeness (QED) is 0.542. The van der Waals surface area contributed by atoms with Crippen molar-refractivity contribution < 1.29 is 14.0 Å². The van der Waals surface area contributed by atoms with Crippen LogP contribution in [0.3, 0.4) is 0 Å². The van der Waals surface area contributed by atoms with Crippen molar-refractivity contribution in [2.24, 2.45) is 0 Å². The van der Waals surface area contributed by atoms with Crippen LogP contribution in [-0.2, 0) is 9.59 Å². The summed E-state index contributed by atoms with van der Waals surface area (Å²) in [6.07, 6.45) is 1.97. The minimum absolute atomic E-state index is 0.0247. The summed E-state index contributed by atoms with van der Waals surface area (Å²) in [5.74, 6) is 1.09. The van der Waals surface area contributed by atoms with Crippen LogP contribution in [0.1, 0.15) is 19.1 Å². The zero-order chi connectivity index (χ0) is 18.0. The van der Waals surface area contributed by atoms with E-state index in [2.05, 4.69) is 0 Å². The van der Waals surface area contributed by atoms with Crippen molar-refractivity contribution in [1.29, 1.82) is 0 Å². The summed E-state index contributed by atoms with van der Waals surface area (Å²) in [4.78, 5) is 25.5. The SMILES string of the molecule is CC(=O)CCN1C(=O)/C(=C/c2ccc(-c3ccc(Cl)cc3)o2)SC1=S. The third-order valence-electron chi connectivity index (χ3n) is 3.59. The molecule has 0 unspecified atom stereocenters. The molecule has 0 atom stereocenters. The number of nitrogens with zero attached hydrogens (tertiary/aromatic N) is 1. The van der Waals surface area contributed by atoms with Crippen molar-refractivity contribution >= 4 is 57.7 Å². The Morgan fingerprint density at radius 1 is 1.28 bits per heavy atom. The molecule has 1 aliphatic heterocycles. The Hall–Kier alpha value is -1.89. The molecular formula is C18H14ClNO3S2. The minimum atomic E-state index is -0.194. The number of carbonyl (C=O) groups is 2. The summed E-state index contributed by atoms with van der Waals surface area (Å²) >= 11 is 12.3. The van der Waals surface area contributed by atoms with Gasteiger partial charge in [-0.3, -0.25) is 14.5 Å². The Bertz CT molecular complexity index is 871. The van der Waals surface area contributed by atoms with E-state index in [0.717, 1.165) is 5.56 Å². The molecule has 1 aromatic carbocycles. The first-order chi connectivity index (χ1) is 11.9. The van der Waals surface area contributed by atoms with Crippen LogP contribution in [0.5, 0.6) is 0 Å². The van der Waals surface area contributed by atoms with Gasteiger partial charge in [0.05, 0.1) is 4.91 Å². The number of thioether (sulfide) groups is 1. The van der Waals surface area contributed by atoms with Crippen LogP contribution in [-0.4, -0.2) is 27.5 Å². The molecule has 1 saturated heterocycles. The van der Waals surface area contributed by atoms with Crippen molar-refractivity contribution in [3.05, 3.63) is 52.1 Å². The smallest absolute Gasteiger partial charge is 0.266 e. The highest BCUT2D eigenvalue weighted by atomic mass is 35.5. The summed E-state index contributed by atoms with van der Waals surface area (Å²) in [5.41, 5.74) is 0.901. The van der Waals surface area contributed by atoms with Crippen molar-refractivity contribution in [3.63, 3.8) is 0 Å². The second kappa shape index (κ2) is 7.56. The van der Waals surface area contributed by atoms with E-state index in [9.17, 15) is 9.59 Å². The number of rotatable bonds is 5. The second-order valence-electron chi connectivity index (χ2n) is 5.49. The lowest BCUT2D eigenvalue weighted by Crippen LogP contribution is -2.30. The molecule has 7 heteroatoms. The molecule has 0 saturated carbocycles. The number of thiocarbonyl (C=S) groups is 1. The van der Waals surface area contributed by atoms with Gasteiger partial charge in [-0.2, -0.15) is 0 Å². The maximum absolute atomic E-state index is 12.4. The number of ketones is 1. The Morgan fingerprint density at radius 2 is 2.00 bits per heavy atom. The first kappa shape index (κ1) is 17.9. The minimum Gasteiger partial charge on any atom is -0.457 e. The van der Waals surface area contributed by atoms with Gasteiger partial charge in [-0.1, -0.05) is 35.6 Å². The predicted octanol–water partition coefficient (Wildman–Crippen LogP) is 4.78. The van der Waals surface area contributed by atoms with Crippen LogP contribution < -0.4 is 0 Å². The van der Waals surface area contributed by atoms with Gasteiger partial charge in [-0.05, 0) is 43.3 Å². The summed E-state index contributed by atoms with van der Waals surface area (Å²) < 4.78 is 6.25. The molecule has 0 spiro atoms. The second-order valence-corrected chi connectivity index (χ2v) is 7.61. The van der Waals surface area contributed by atoms with E-state index in [1.165, 1.54) is 23.6 Å². The molecule has 1 aliphatic rings. The van der Waals surface area contributed by atoms with Crippen LogP contribution in [0.2, 0.25) is 5.02 Å². The Morgan fingerprint density at radius 3 is 2.68 bits per heavy atom. The number of halogens is 1. The first-order valence-corrected chi connectivity index (χ1v) is 9.15. The third kappa shape index (κ3) is 4.21. The Kier molecular flexibility index (Phi) is 5.42. The standard InChI is InChI=1S/C18H14ClNO3S2/c1-11(21)8-9-20-17(22)16(25-18(20)24)10-14-6-7-15(23-14)12-2-4-13(19)5-3-12/h2-7,10H,8-9H2,1H3/b16-10-. The Balaban J connectivity index is 1.77. The molecule has 1 amide bonds.